The second-order valence-electron chi connectivity index (χ2n) is 4.58. The summed E-state index contributed by atoms with van der Waals surface area (Å²) in [5.41, 5.74) is 1.35. The van der Waals surface area contributed by atoms with Crippen molar-refractivity contribution in [2.75, 3.05) is 0 Å². The molecule has 0 heterocycles. The van der Waals surface area contributed by atoms with Crippen molar-refractivity contribution < 1.29 is 0 Å². The summed E-state index contributed by atoms with van der Waals surface area (Å²) in [4.78, 5) is 4.14. The molecule has 0 amide bonds. The van der Waals surface area contributed by atoms with Gasteiger partial charge in [-0.2, -0.15) is 0 Å². The van der Waals surface area contributed by atoms with E-state index in [-0.39, 0.29) is 10.9 Å². The van der Waals surface area contributed by atoms with Crippen LogP contribution in [0.2, 0.25) is 0 Å². The second-order valence-corrected chi connectivity index (χ2v) is 6.57. The van der Waals surface area contributed by atoms with Crippen molar-refractivity contribution in [2.45, 2.75) is 30.6 Å². The smallest absolute Gasteiger partial charge is 0.0827 e. The molecule has 1 heteroatoms. The molecule has 2 aromatic rings. The summed E-state index contributed by atoms with van der Waals surface area (Å²) >= 11 is 0. The Morgan fingerprint density at radius 3 is 2.15 bits per heavy atom. The second kappa shape index (κ2) is 7.16. The highest BCUT2D eigenvalue weighted by Crippen LogP contribution is 2.32. The molecular weight excluding hydrogens is 260 g/mol. The molecule has 0 spiro atoms. The van der Waals surface area contributed by atoms with E-state index >= 15 is 0 Å². The monoisotopic (exact) mass is 281 g/mol. The number of hydrogen-bond acceptors (Lipinski definition) is 0. The van der Waals surface area contributed by atoms with Crippen LogP contribution in [0.4, 0.5) is 0 Å². The van der Waals surface area contributed by atoms with Crippen LogP contribution in [-0.4, -0.2) is 0 Å². The van der Waals surface area contributed by atoms with Gasteiger partial charge in [0.25, 0.3) is 0 Å². The van der Waals surface area contributed by atoms with Crippen LogP contribution in [0.15, 0.2) is 87.5 Å². The van der Waals surface area contributed by atoms with E-state index in [0.29, 0.717) is 0 Å². The van der Waals surface area contributed by atoms with E-state index in [1.54, 1.807) is 0 Å². The first-order valence-corrected chi connectivity index (χ1v) is 8.14. The third-order valence-corrected chi connectivity index (χ3v) is 5.63. The minimum absolute atomic E-state index is 0.0262. The molecule has 0 nitrogen and oxygen atoms in total. The van der Waals surface area contributed by atoms with Gasteiger partial charge in [-0.3, -0.25) is 0 Å². The van der Waals surface area contributed by atoms with Crippen molar-refractivity contribution in [1.29, 1.82) is 0 Å². The van der Waals surface area contributed by atoms with Gasteiger partial charge in [-0.05, 0) is 51.1 Å². The van der Waals surface area contributed by atoms with Crippen molar-refractivity contribution in [3.8, 4) is 0 Å². The SMILES string of the molecule is C/C=C\C(=C/C)[S+](c1ccccc1)c1ccccc1C. The largest absolute Gasteiger partial charge is 0.169 e. The first-order chi connectivity index (χ1) is 9.77. The standard InChI is InChI=1S/C19H21S/c1-4-11-17(5-2)20(18-13-7-6-8-14-18)19-15-10-9-12-16(19)3/h4-15H,1-3H3/q+1/b11-4-,17-5+. The van der Waals surface area contributed by atoms with Crippen molar-refractivity contribution in [3.63, 3.8) is 0 Å². The van der Waals surface area contributed by atoms with Crippen LogP contribution in [0, 0.1) is 6.92 Å². The summed E-state index contributed by atoms with van der Waals surface area (Å²) in [5.74, 6) is 0. The number of aryl methyl sites for hydroxylation is 1. The zero-order valence-corrected chi connectivity index (χ0v) is 13.2. The Labute approximate surface area is 125 Å². The highest BCUT2D eigenvalue weighted by Gasteiger charge is 2.30. The summed E-state index contributed by atoms with van der Waals surface area (Å²) in [5, 5.41) is 0. The molecule has 0 aliphatic carbocycles. The van der Waals surface area contributed by atoms with Crippen LogP contribution >= 0.6 is 0 Å². The predicted octanol–water partition coefficient (Wildman–Crippen LogP) is 5.51. The Hall–Kier alpha value is -1.73. The molecule has 0 fully saturated rings. The average Bonchev–Trinajstić information content (AvgIpc) is 2.49. The molecule has 0 aliphatic rings. The minimum atomic E-state index is -0.0262. The number of rotatable bonds is 4. The maximum atomic E-state index is 2.25. The minimum Gasteiger partial charge on any atom is -0.0827 e. The van der Waals surface area contributed by atoms with Gasteiger partial charge in [-0.25, -0.2) is 0 Å². The first kappa shape index (κ1) is 14.7. The van der Waals surface area contributed by atoms with Gasteiger partial charge in [-0.1, -0.05) is 42.5 Å². The fourth-order valence-electron chi connectivity index (χ4n) is 2.18. The maximum absolute atomic E-state index is 2.25. The topological polar surface area (TPSA) is 0 Å². The van der Waals surface area contributed by atoms with E-state index in [0.717, 1.165) is 0 Å². The van der Waals surface area contributed by atoms with Crippen LogP contribution < -0.4 is 0 Å². The first-order valence-electron chi connectivity index (χ1n) is 6.92. The van der Waals surface area contributed by atoms with Crippen molar-refractivity contribution in [1.82, 2.24) is 0 Å². The zero-order chi connectivity index (χ0) is 14.4. The Kier molecular flexibility index (Phi) is 5.25. The van der Waals surface area contributed by atoms with Crippen molar-refractivity contribution >= 4 is 10.9 Å². The molecule has 0 bridgehead atoms. The molecule has 0 aromatic heterocycles. The van der Waals surface area contributed by atoms with E-state index in [4.69, 9.17) is 0 Å². The summed E-state index contributed by atoms with van der Waals surface area (Å²) in [6, 6.07) is 19.5. The summed E-state index contributed by atoms with van der Waals surface area (Å²) in [6.45, 7) is 6.39. The quantitative estimate of drug-likeness (QED) is 0.512. The van der Waals surface area contributed by atoms with Gasteiger partial charge in [0.15, 0.2) is 14.7 Å². The molecule has 2 rings (SSSR count). The van der Waals surface area contributed by atoms with Gasteiger partial charge < -0.3 is 0 Å². The molecule has 1 unspecified atom stereocenters. The molecule has 0 saturated carbocycles. The summed E-state index contributed by atoms with van der Waals surface area (Å²) in [7, 11) is -0.0262. The molecular formula is C19H21S+. The molecule has 102 valence electrons. The summed E-state index contributed by atoms with van der Waals surface area (Å²) in [6.07, 6.45) is 6.57. The molecule has 20 heavy (non-hydrogen) atoms. The Bertz CT molecular complexity index is 609. The van der Waals surface area contributed by atoms with Gasteiger partial charge in [0.1, 0.15) is 0 Å². The molecule has 0 aliphatic heterocycles. The lowest BCUT2D eigenvalue weighted by molar-refractivity contribution is 1.28. The fraction of sp³-hybridized carbons (Fsp3) is 0.158. The van der Waals surface area contributed by atoms with Gasteiger partial charge in [0, 0.05) is 5.56 Å². The fourth-order valence-corrected chi connectivity index (χ4v) is 4.50. The normalized spacial score (nSPS) is 13.7. The Morgan fingerprint density at radius 1 is 0.900 bits per heavy atom. The van der Waals surface area contributed by atoms with Crippen LogP contribution in [0.25, 0.3) is 0 Å². The van der Waals surface area contributed by atoms with Gasteiger partial charge in [-0.15, -0.1) is 0 Å². The summed E-state index contributed by atoms with van der Waals surface area (Å²) < 4.78 is 0. The van der Waals surface area contributed by atoms with Gasteiger partial charge in [0.05, 0.1) is 10.9 Å². The molecule has 1 atom stereocenters. The maximum Gasteiger partial charge on any atom is 0.169 e. The van der Waals surface area contributed by atoms with E-state index < -0.39 is 0 Å². The molecule has 0 saturated heterocycles. The number of allylic oxidation sites excluding steroid dienone is 3. The average molecular weight is 281 g/mol. The van der Waals surface area contributed by atoms with Gasteiger partial charge in [0.2, 0.25) is 0 Å². The lowest BCUT2D eigenvalue weighted by Crippen LogP contribution is -2.07. The lowest BCUT2D eigenvalue weighted by Gasteiger charge is -2.10. The Balaban J connectivity index is 2.59. The van der Waals surface area contributed by atoms with Crippen LogP contribution in [0.1, 0.15) is 19.4 Å². The third kappa shape index (κ3) is 3.23. The predicted molar refractivity (Wildman–Crippen MR) is 90.1 cm³/mol. The number of hydrogen-bond donors (Lipinski definition) is 0. The van der Waals surface area contributed by atoms with E-state index in [1.165, 1.54) is 20.3 Å². The van der Waals surface area contributed by atoms with E-state index in [2.05, 4.69) is 93.6 Å². The number of benzene rings is 2. The Morgan fingerprint density at radius 2 is 1.55 bits per heavy atom. The molecule has 0 radical (unpaired) electrons. The van der Waals surface area contributed by atoms with Crippen LogP contribution in [0.5, 0.6) is 0 Å². The zero-order valence-electron chi connectivity index (χ0n) is 12.3. The van der Waals surface area contributed by atoms with Crippen LogP contribution in [0.3, 0.4) is 0 Å². The lowest BCUT2D eigenvalue weighted by atomic mass is 10.2. The van der Waals surface area contributed by atoms with Gasteiger partial charge >= 0.3 is 0 Å². The van der Waals surface area contributed by atoms with Crippen molar-refractivity contribution in [3.05, 3.63) is 83.3 Å². The molecule has 0 N–H and O–H groups in total. The molecule has 2 aromatic carbocycles. The third-order valence-electron chi connectivity index (χ3n) is 3.14. The highest BCUT2D eigenvalue weighted by molar-refractivity contribution is 8.00. The highest BCUT2D eigenvalue weighted by atomic mass is 32.2. The van der Waals surface area contributed by atoms with Crippen LogP contribution in [-0.2, 0) is 10.9 Å². The van der Waals surface area contributed by atoms with E-state index in [1.807, 2.05) is 0 Å². The van der Waals surface area contributed by atoms with E-state index in [9.17, 15) is 0 Å². The van der Waals surface area contributed by atoms with Crippen molar-refractivity contribution in [2.24, 2.45) is 0 Å².